The standard InChI is InChI=1S/C14H17NO6/c1-21-14(20)11(6-12(16)17)5-10-4-8(13(18)19)2-3-9(10)7-15/h2-4,11H,5-7,15H2,1H3,(H,16,17)(H,18,19)/p-1. The van der Waals surface area contributed by atoms with Crippen LogP contribution in [0.2, 0.25) is 0 Å². The van der Waals surface area contributed by atoms with Gasteiger partial charge in [-0.25, -0.2) is 4.79 Å². The summed E-state index contributed by atoms with van der Waals surface area (Å²) in [4.78, 5) is 33.3. The molecule has 0 bridgehead atoms. The van der Waals surface area contributed by atoms with Crippen LogP contribution in [0, 0.1) is 5.92 Å². The van der Waals surface area contributed by atoms with E-state index in [1.54, 1.807) is 6.07 Å². The fourth-order valence-electron chi connectivity index (χ4n) is 2.02. The number of hydrogen-bond acceptors (Lipinski definition) is 6. The second-order valence-electron chi connectivity index (χ2n) is 4.49. The van der Waals surface area contributed by atoms with E-state index in [0.717, 1.165) is 7.11 Å². The van der Waals surface area contributed by atoms with Gasteiger partial charge in [-0.1, -0.05) is 6.07 Å². The molecule has 1 rings (SSSR count). The molecule has 0 aromatic heterocycles. The first-order valence-electron chi connectivity index (χ1n) is 6.21. The third-order valence-corrected chi connectivity index (χ3v) is 3.09. The van der Waals surface area contributed by atoms with Crippen LogP contribution >= 0.6 is 0 Å². The molecule has 3 N–H and O–H groups in total. The van der Waals surface area contributed by atoms with Gasteiger partial charge in [0.05, 0.1) is 18.6 Å². The largest absolute Gasteiger partial charge is 0.550 e. The summed E-state index contributed by atoms with van der Waals surface area (Å²) >= 11 is 0. The Morgan fingerprint density at radius 3 is 2.48 bits per heavy atom. The molecule has 1 aromatic rings. The van der Waals surface area contributed by atoms with Gasteiger partial charge >= 0.3 is 11.9 Å². The number of carboxylic acid groups (broad SMARTS) is 2. The monoisotopic (exact) mass is 294 g/mol. The highest BCUT2D eigenvalue weighted by molar-refractivity contribution is 5.88. The zero-order valence-corrected chi connectivity index (χ0v) is 11.5. The fraction of sp³-hybridized carbons (Fsp3) is 0.357. The van der Waals surface area contributed by atoms with E-state index in [1.165, 1.54) is 12.1 Å². The molecule has 0 amide bonds. The first kappa shape index (κ1) is 16.6. The van der Waals surface area contributed by atoms with E-state index in [9.17, 15) is 19.5 Å². The van der Waals surface area contributed by atoms with Crippen LogP contribution in [0.5, 0.6) is 0 Å². The van der Waals surface area contributed by atoms with Crippen molar-refractivity contribution in [2.24, 2.45) is 11.7 Å². The van der Waals surface area contributed by atoms with Gasteiger partial charge in [0.2, 0.25) is 0 Å². The number of methoxy groups -OCH3 is 1. The Bertz CT molecular complexity index is 554. The molecule has 0 fully saturated rings. The molecule has 0 saturated heterocycles. The average Bonchev–Trinajstić information content (AvgIpc) is 2.45. The summed E-state index contributed by atoms with van der Waals surface area (Å²) in [6.45, 7) is 0.147. The van der Waals surface area contributed by atoms with Gasteiger partial charge in [-0.3, -0.25) is 4.79 Å². The summed E-state index contributed by atoms with van der Waals surface area (Å²) < 4.78 is 4.56. The number of carbonyl (C=O) groups is 3. The van der Waals surface area contributed by atoms with Crippen LogP contribution in [0.4, 0.5) is 0 Å². The van der Waals surface area contributed by atoms with Crippen molar-refractivity contribution in [3.63, 3.8) is 0 Å². The number of rotatable bonds is 7. The van der Waals surface area contributed by atoms with Gasteiger partial charge in [0, 0.05) is 18.9 Å². The van der Waals surface area contributed by atoms with E-state index in [1.807, 2.05) is 0 Å². The molecule has 0 aliphatic rings. The lowest BCUT2D eigenvalue weighted by atomic mass is 9.92. The number of nitrogens with two attached hydrogens (primary N) is 1. The number of hydrogen-bond donors (Lipinski definition) is 2. The summed E-state index contributed by atoms with van der Waals surface area (Å²) in [7, 11) is 1.15. The Morgan fingerprint density at radius 2 is 2.00 bits per heavy atom. The second-order valence-corrected chi connectivity index (χ2v) is 4.49. The van der Waals surface area contributed by atoms with Crippen molar-refractivity contribution in [2.75, 3.05) is 7.11 Å². The number of carbonyl (C=O) groups excluding carboxylic acids is 2. The van der Waals surface area contributed by atoms with Crippen LogP contribution in [0.25, 0.3) is 0 Å². The molecule has 114 valence electrons. The lowest BCUT2D eigenvalue weighted by Gasteiger charge is -2.17. The summed E-state index contributed by atoms with van der Waals surface area (Å²) in [6.07, 6.45) is -0.484. The zero-order chi connectivity index (χ0) is 16.0. The maximum absolute atomic E-state index is 11.6. The Labute approximate surface area is 121 Å². The quantitative estimate of drug-likeness (QED) is 0.637. The van der Waals surface area contributed by atoms with Crippen LogP contribution < -0.4 is 10.8 Å². The second kappa shape index (κ2) is 7.39. The molecule has 0 radical (unpaired) electrons. The molecule has 0 aliphatic carbocycles. The van der Waals surface area contributed by atoms with Gasteiger partial charge in [-0.05, 0) is 29.7 Å². The van der Waals surface area contributed by atoms with Crippen LogP contribution in [-0.4, -0.2) is 30.1 Å². The Balaban J connectivity index is 3.11. The van der Waals surface area contributed by atoms with Crippen LogP contribution in [-0.2, 0) is 27.3 Å². The van der Waals surface area contributed by atoms with Crippen molar-refractivity contribution in [3.05, 3.63) is 34.9 Å². The van der Waals surface area contributed by atoms with Gasteiger partial charge in [-0.15, -0.1) is 0 Å². The SMILES string of the molecule is COC(=O)C(CC(=O)[O-])Cc1cc(C(=O)O)ccc1CN. The highest BCUT2D eigenvalue weighted by atomic mass is 16.5. The third kappa shape index (κ3) is 4.57. The maximum Gasteiger partial charge on any atom is 0.335 e. The summed E-state index contributed by atoms with van der Waals surface area (Å²) in [5.74, 6) is -4.14. The highest BCUT2D eigenvalue weighted by Crippen LogP contribution is 2.19. The third-order valence-electron chi connectivity index (χ3n) is 3.09. The molecule has 21 heavy (non-hydrogen) atoms. The fourth-order valence-corrected chi connectivity index (χ4v) is 2.02. The number of carboxylic acids is 2. The molecule has 0 spiro atoms. The summed E-state index contributed by atoms with van der Waals surface area (Å²) in [5.41, 5.74) is 6.77. The molecule has 7 nitrogen and oxygen atoms in total. The molecular weight excluding hydrogens is 278 g/mol. The van der Waals surface area contributed by atoms with Gasteiger partial charge < -0.3 is 25.5 Å². The van der Waals surface area contributed by atoms with Crippen LogP contribution in [0.3, 0.4) is 0 Å². The molecular formula is C14H16NO6-. The van der Waals surface area contributed by atoms with Crippen LogP contribution in [0.15, 0.2) is 18.2 Å². The van der Waals surface area contributed by atoms with E-state index in [0.29, 0.717) is 11.1 Å². The number of esters is 1. The number of aliphatic carboxylic acids is 1. The smallest absolute Gasteiger partial charge is 0.335 e. The van der Waals surface area contributed by atoms with Crippen molar-refractivity contribution in [2.45, 2.75) is 19.4 Å². The minimum Gasteiger partial charge on any atom is -0.550 e. The van der Waals surface area contributed by atoms with Crippen molar-refractivity contribution >= 4 is 17.9 Å². The Kier molecular flexibility index (Phi) is 5.86. The molecule has 1 unspecified atom stereocenters. The Morgan fingerprint density at radius 1 is 1.33 bits per heavy atom. The highest BCUT2D eigenvalue weighted by Gasteiger charge is 2.22. The molecule has 0 saturated carbocycles. The molecule has 7 heteroatoms. The predicted molar refractivity (Wildman–Crippen MR) is 70.1 cm³/mol. The van der Waals surface area contributed by atoms with E-state index in [4.69, 9.17) is 10.8 Å². The minimum absolute atomic E-state index is 0.0221. The van der Waals surface area contributed by atoms with Crippen molar-refractivity contribution < 1.29 is 29.3 Å². The summed E-state index contributed by atoms with van der Waals surface area (Å²) in [6, 6.07) is 4.34. The zero-order valence-electron chi connectivity index (χ0n) is 11.5. The number of aromatic carboxylic acids is 1. The lowest BCUT2D eigenvalue weighted by molar-refractivity contribution is -0.306. The van der Waals surface area contributed by atoms with E-state index >= 15 is 0 Å². The van der Waals surface area contributed by atoms with Gasteiger partial charge in [0.15, 0.2) is 0 Å². The average molecular weight is 294 g/mol. The van der Waals surface area contributed by atoms with Crippen LogP contribution in [0.1, 0.15) is 27.9 Å². The molecule has 1 aromatic carbocycles. The topological polar surface area (TPSA) is 130 Å². The number of benzene rings is 1. The van der Waals surface area contributed by atoms with Crippen molar-refractivity contribution in [1.29, 1.82) is 0 Å². The normalized spacial score (nSPS) is 11.7. The van der Waals surface area contributed by atoms with Gasteiger partial charge in [-0.2, -0.15) is 0 Å². The predicted octanol–water partition coefficient (Wildman–Crippen LogP) is -0.685. The van der Waals surface area contributed by atoms with E-state index in [-0.39, 0.29) is 18.5 Å². The molecule has 0 aliphatic heterocycles. The molecule has 1 atom stereocenters. The van der Waals surface area contributed by atoms with Gasteiger partial charge in [0.25, 0.3) is 0 Å². The first-order chi connectivity index (χ1) is 9.88. The summed E-state index contributed by atoms with van der Waals surface area (Å²) in [5, 5.41) is 19.7. The molecule has 0 heterocycles. The van der Waals surface area contributed by atoms with Crippen molar-refractivity contribution in [3.8, 4) is 0 Å². The number of ether oxygens (including phenoxy) is 1. The van der Waals surface area contributed by atoms with Crippen molar-refractivity contribution in [1.82, 2.24) is 0 Å². The first-order valence-corrected chi connectivity index (χ1v) is 6.21. The maximum atomic E-state index is 11.6. The van der Waals surface area contributed by atoms with E-state index < -0.39 is 30.2 Å². The Hall–Kier alpha value is -2.41. The van der Waals surface area contributed by atoms with E-state index in [2.05, 4.69) is 4.74 Å². The minimum atomic E-state index is -1.38. The van der Waals surface area contributed by atoms with Gasteiger partial charge in [0.1, 0.15) is 0 Å². The lowest BCUT2D eigenvalue weighted by Crippen LogP contribution is -2.30.